The van der Waals surface area contributed by atoms with Crippen LogP contribution in [-0.2, 0) is 18.8 Å². The fourth-order valence-corrected chi connectivity index (χ4v) is 2.63. The molecule has 0 aromatic heterocycles. The number of benzene rings is 1. The van der Waals surface area contributed by atoms with Gasteiger partial charge in [-0.2, -0.15) is 0 Å². The fourth-order valence-electron chi connectivity index (χ4n) is 2.44. The molecular weight excluding hydrogens is 318 g/mol. The molecule has 1 unspecified atom stereocenters. The lowest BCUT2D eigenvalue weighted by Gasteiger charge is -2.32. The summed E-state index contributed by atoms with van der Waals surface area (Å²) in [5.41, 5.74) is -0.267. The van der Waals surface area contributed by atoms with Gasteiger partial charge in [-0.25, -0.2) is 0 Å². The molecule has 1 N–H and O–H groups in total. The van der Waals surface area contributed by atoms with Crippen molar-refractivity contribution in [1.82, 2.24) is 0 Å². The van der Waals surface area contributed by atoms with Gasteiger partial charge in [-0.15, -0.1) is 0 Å². The van der Waals surface area contributed by atoms with Gasteiger partial charge in [-0.05, 0) is 45.4 Å². The minimum Gasteiger partial charge on any atom is -0.506 e. The van der Waals surface area contributed by atoms with E-state index < -0.39 is 18.3 Å². The molecule has 126 valence electrons. The van der Waals surface area contributed by atoms with Crippen LogP contribution in [0.25, 0.3) is 0 Å². The number of phenolic OH excluding ortho intramolecular Hbond substituents is 1. The number of ether oxygens (including phenoxy) is 1. The lowest BCUT2D eigenvalue weighted by molar-refractivity contribution is -0.140. The SMILES string of the molecule is COC(=O)CC(B1OC(C)(C)C(C)(C)O1)c1ccc(O)c(Cl)c1. The van der Waals surface area contributed by atoms with Crippen LogP contribution in [0.15, 0.2) is 18.2 Å². The van der Waals surface area contributed by atoms with E-state index >= 15 is 0 Å². The summed E-state index contributed by atoms with van der Waals surface area (Å²) < 4.78 is 16.9. The van der Waals surface area contributed by atoms with E-state index in [4.69, 9.17) is 25.6 Å². The van der Waals surface area contributed by atoms with Crippen LogP contribution < -0.4 is 0 Å². The van der Waals surface area contributed by atoms with E-state index in [-0.39, 0.29) is 29.0 Å². The molecule has 1 aromatic rings. The molecular formula is C16H22BClO5. The van der Waals surface area contributed by atoms with Crippen molar-refractivity contribution >= 4 is 24.7 Å². The Morgan fingerprint density at radius 2 is 1.87 bits per heavy atom. The first-order valence-electron chi connectivity index (χ1n) is 7.48. The first-order chi connectivity index (χ1) is 10.6. The van der Waals surface area contributed by atoms with E-state index in [9.17, 15) is 9.90 Å². The lowest BCUT2D eigenvalue weighted by atomic mass is 9.66. The van der Waals surface area contributed by atoms with Crippen molar-refractivity contribution in [3.63, 3.8) is 0 Å². The first kappa shape index (κ1) is 18.1. The Morgan fingerprint density at radius 3 is 2.35 bits per heavy atom. The summed E-state index contributed by atoms with van der Waals surface area (Å²) in [6.45, 7) is 7.80. The van der Waals surface area contributed by atoms with E-state index in [0.29, 0.717) is 0 Å². The average Bonchev–Trinajstić information content (AvgIpc) is 2.67. The summed E-state index contributed by atoms with van der Waals surface area (Å²) in [5, 5.41) is 9.82. The fraction of sp³-hybridized carbons (Fsp3) is 0.562. The first-order valence-corrected chi connectivity index (χ1v) is 7.86. The molecule has 0 spiro atoms. The topological polar surface area (TPSA) is 65.0 Å². The Kier molecular flexibility index (Phi) is 4.99. The minimum atomic E-state index is -0.611. The monoisotopic (exact) mass is 340 g/mol. The molecule has 2 rings (SSSR count). The molecule has 7 heteroatoms. The molecule has 1 aliphatic heterocycles. The molecule has 1 saturated heterocycles. The molecule has 0 saturated carbocycles. The van der Waals surface area contributed by atoms with Crippen LogP contribution in [-0.4, -0.2) is 36.5 Å². The largest absolute Gasteiger partial charge is 0.506 e. The van der Waals surface area contributed by atoms with Gasteiger partial charge in [-0.1, -0.05) is 17.7 Å². The maximum Gasteiger partial charge on any atom is 0.466 e. The number of halogens is 1. The number of aromatic hydroxyl groups is 1. The van der Waals surface area contributed by atoms with Gasteiger partial charge < -0.3 is 19.2 Å². The Balaban J connectivity index is 2.35. The zero-order chi connectivity index (χ0) is 17.4. The second-order valence-corrected chi connectivity index (χ2v) is 7.13. The molecule has 23 heavy (non-hydrogen) atoms. The second-order valence-electron chi connectivity index (χ2n) is 6.72. The number of esters is 1. The van der Waals surface area contributed by atoms with Crippen molar-refractivity contribution in [3.8, 4) is 5.75 Å². The normalized spacial score (nSPS) is 20.3. The highest BCUT2D eigenvalue weighted by atomic mass is 35.5. The molecule has 1 heterocycles. The Labute approximate surface area is 142 Å². The van der Waals surface area contributed by atoms with Crippen molar-refractivity contribution < 1.29 is 23.9 Å². The number of hydrogen-bond donors (Lipinski definition) is 1. The van der Waals surface area contributed by atoms with Crippen molar-refractivity contribution in [1.29, 1.82) is 0 Å². The molecule has 1 aliphatic rings. The second kappa shape index (κ2) is 6.34. The predicted octanol–water partition coefficient (Wildman–Crippen LogP) is 3.32. The minimum absolute atomic E-state index is 0.0128. The maximum atomic E-state index is 11.8. The number of carbonyl (C=O) groups is 1. The van der Waals surface area contributed by atoms with Crippen molar-refractivity contribution in [2.75, 3.05) is 7.11 Å². The molecule has 1 atom stereocenters. The van der Waals surface area contributed by atoms with E-state index in [2.05, 4.69) is 0 Å². The highest BCUT2D eigenvalue weighted by Crippen LogP contribution is 2.42. The third kappa shape index (κ3) is 3.65. The van der Waals surface area contributed by atoms with Crippen LogP contribution >= 0.6 is 11.6 Å². The van der Waals surface area contributed by atoms with Crippen molar-refractivity contribution in [2.24, 2.45) is 0 Å². The van der Waals surface area contributed by atoms with Crippen LogP contribution in [0.2, 0.25) is 5.02 Å². The predicted molar refractivity (Wildman–Crippen MR) is 88.6 cm³/mol. The van der Waals surface area contributed by atoms with Gasteiger partial charge in [0.1, 0.15) is 5.75 Å². The lowest BCUT2D eigenvalue weighted by Crippen LogP contribution is -2.41. The van der Waals surface area contributed by atoms with Crippen LogP contribution in [0.1, 0.15) is 45.5 Å². The number of rotatable bonds is 4. The van der Waals surface area contributed by atoms with Crippen LogP contribution in [0.3, 0.4) is 0 Å². The Bertz CT molecular complexity index is 586. The molecule has 0 amide bonds. The standard InChI is InChI=1S/C16H22BClO5/c1-15(2)16(3,4)23-17(22-15)11(9-14(20)21-5)10-6-7-13(19)12(18)8-10/h6-8,11,19H,9H2,1-5H3. The summed E-state index contributed by atoms with van der Waals surface area (Å²) in [5.74, 6) is -0.767. The number of methoxy groups -OCH3 is 1. The van der Waals surface area contributed by atoms with Gasteiger partial charge >= 0.3 is 13.1 Å². The van der Waals surface area contributed by atoms with E-state index in [1.54, 1.807) is 12.1 Å². The highest BCUT2D eigenvalue weighted by molar-refractivity contribution is 6.48. The Morgan fingerprint density at radius 1 is 1.30 bits per heavy atom. The molecule has 0 radical (unpaired) electrons. The van der Waals surface area contributed by atoms with Gasteiger partial charge in [-0.3, -0.25) is 4.79 Å². The zero-order valence-electron chi connectivity index (χ0n) is 14.1. The van der Waals surface area contributed by atoms with E-state index in [1.807, 2.05) is 27.7 Å². The van der Waals surface area contributed by atoms with Gasteiger partial charge in [0, 0.05) is 5.82 Å². The zero-order valence-corrected chi connectivity index (χ0v) is 14.8. The average molecular weight is 341 g/mol. The van der Waals surface area contributed by atoms with Crippen molar-refractivity contribution in [3.05, 3.63) is 28.8 Å². The molecule has 0 bridgehead atoms. The smallest absolute Gasteiger partial charge is 0.466 e. The van der Waals surface area contributed by atoms with Crippen molar-refractivity contribution in [2.45, 2.75) is 51.1 Å². The van der Waals surface area contributed by atoms with Gasteiger partial charge in [0.2, 0.25) is 0 Å². The quantitative estimate of drug-likeness (QED) is 0.673. The molecule has 0 aliphatic carbocycles. The molecule has 5 nitrogen and oxygen atoms in total. The van der Waals surface area contributed by atoms with Crippen LogP contribution in [0, 0.1) is 0 Å². The number of hydrogen-bond acceptors (Lipinski definition) is 5. The third-order valence-electron chi connectivity index (χ3n) is 4.61. The summed E-state index contributed by atoms with van der Waals surface area (Å²) in [4.78, 5) is 11.8. The van der Waals surface area contributed by atoms with Crippen LogP contribution in [0.5, 0.6) is 5.75 Å². The number of carbonyl (C=O) groups excluding carboxylic acids is 1. The number of phenols is 1. The third-order valence-corrected chi connectivity index (χ3v) is 4.92. The van der Waals surface area contributed by atoms with Gasteiger partial charge in [0.05, 0.1) is 29.8 Å². The van der Waals surface area contributed by atoms with Gasteiger partial charge in [0.25, 0.3) is 0 Å². The summed E-state index contributed by atoms with van der Waals surface area (Å²) in [7, 11) is 0.729. The van der Waals surface area contributed by atoms with Crippen LogP contribution in [0.4, 0.5) is 0 Å². The summed E-state index contributed by atoms with van der Waals surface area (Å²) in [6.07, 6.45) is 0.0917. The van der Waals surface area contributed by atoms with E-state index in [0.717, 1.165) is 5.56 Å². The maximum absolute atomic E-state index is 11.8. The van der Waals surface area contributed by atoms with E-state index in [1.165, 1.54) is 13.2 Å². The molecule has 1 fully saturated rings. The summed E-state index contributed by atoms with van der Waals surface area (Å²) in [6, 6.07) is 4.82. The van der Waals surface area contributed by atoms with Gasteiger partial charge in [0.15, 0.2) is 0 Å². The highest BCUT2D eigenvalue weighted by Gasteiger charge is 2.54. The Hall–Kier alpha value is -1.24. The molecule has 1 aromatic carbocycles. The summed E-state index contributed by atoms with van der Waals surface area (Å²) >= 11 is 6.00.